The number of benzene rings is 1. The Balaban J connectivity index is 2.06. The summed E-state index contributed by atoms with van der Waals surface area (Å²) in [5.41, 5.74) is 0.877. The molecule has 2 rings (SSSR count). The Bertz CT molecular complexity index is 574. The summed E-state index contributed by atoms with van der Waals surface area (Å²) in [4.78, 5) is 11.6. The molecule has 0 unspecified atom stereocenters. The lowest BCUT2D eigenvalue weighted by atomic mass is 10.2. The van der Waals surface area contributed by atoms with Crippen LogP contribution in [-0.2, 0) is 11.3 Å². The van der Waals surface area contributed by atoms with Crippen LogP contribution in [0.2, 0.25) is 0 Å². The van der Waals surface area contributed by atoms with E-state index in [0.717, 1.165) is 21.5 Å². The number of carbonyl (C=O) groups excluding carboxylic acids is 1. The second kappa shape index (κ2) is 5.11. The fraction of sp³-hybridized carbons (Fsp3) is 0.0909. The molecule has 6 heteroatoms. The van der Waals surface area contributed by atoms with Gasteiger partial charge in [-0.2, -0.15) is 4.57 Å². The minimum atomic E-state index is -0.669. The largest absolute Gasteiger partial charge is 0.493 e. The van der Waals surface area contributed by atoms with Crippen LogP contribution < -0.4 is 0 Å². The molecule has 0 bridgehead atoms. The maximum Gasteiger partial charge on any atom is 0.423 e. The van der Waals surface area contributed by atoms with Crippen LogP contribution in [-0.4, -0.2) is 15.8 Å². The van der Waals surface area contributed by atoms with Crippen LogP contribution in [0.5, 0.6) is 5.88 Å². The van der Waals surface area contributed by atoms with Crippen molar-refractivity contribution in [3.8, 4) is 5.88 Å². The van der Waals surface area contributed by atoms with Crippen LogP contribution in [0.25, 0.3) is 0 Å². The van der Waals surface area contributed by atoms with Crippen LogP contribution in [0.3, 0.4) is 0 Å². The van der Waals surface area contributed by atoms with E-state index >= 15 is 0 Å². The number of thiazole rings is 1. The Kier molecular flexibility index (Phi) is 3.55. The predicted molar refractivity (Wildman–Crippen MR) is 66.8 cm³/mol. The van der Waals surface area contributed by atoms with Crippen molar-refractivity contribution in [2.45, 2.75) is 6.61 Å². The highest BCUT2D eigenvalue weighted by Crippen LogP contribution is 2.17. The van der Waals surface area contributed by atoms with Gasteiger partial charge in [0.15, 0.2) is 3.95 Å². The van der Waals surface area contributed by atoms with Gasteiger partial charge in [-0.3, -0.25) is 0 Å². The molecule has 0 fully saturated rings. The summed E-state index contributed by atoms with van der Waals surface area (Å²) in [6, 6.07) is 9.29. The Morgan fingerprint density at radius 3 is 2.71 bits per heavy atom. The first-order valence-corrected chi connectivity index (χ1v) is 6.08. The summed E-state index contributed by atoms with van der Waals surface area (Å²) in [6.07, 6.45) is -0.669. The van der Waals surface area contributed by atoms with Crippen molar-refractivity contribution in [1.29, 1.82) is 0 Å². The van der Waals surface area contributed by atoms with Crippen molar-refractivity contribution in [2.24, 2.45) is 0 Å². The zero-order valence-electron chi connectivity index (χ0n) is 8.70. The molecule has 0 aliphatic carbocycles. The number of rotatable bonds is 2. The summed E-state index contributed by atoms with van der Waals surface area (Å²) < 4.78 is 6.26. The first kappa shape index (κ1) is 11.8. The molecular weight excluding hydrogens is 258 g/mol. The summed E-state index contributed by atoms with van der Waals surface area (Å²) in [6.45, 7) is 0.150. The molecule has 2 aromatic rings. The predicted octanol–water partition coefficient (Wildman–Crippen LogP) is 3.17. The fourth-order valence-electron chi connectivity index (χ4n) is 1.25. The minimum Gasteiger partial charge on any atom is -0.493 e. The number of aromatic hydroxyl groups is 1. The van der Waals surface area contributed by atoms with Gasteiger partial charge in [0.2, 0.25) is 5.88 Å². The monoisotopic (exact) mass is 267 g/mol. The highest BCUT2D eigenvalue weighted by atomic mass is 32.1. The molecular formula is C11H9NO3S2. The molecule has 17 heavy (non-hydrogen) atoms. The summed E-state index contributed by atoms with van der Waals surface area (Å²) in [7, 11) is 0. The van der Waals surface area contributed by atoms with E-state index in [1.165, 1.54) is 5.38 Å². The SMILES string of the molecule is O=C(OCc1ccccc1)n1c(O)csc1=S. The van der Waals surface area contributed by atoms with Crippen molar-refractivity contribution in [3.05, 3.63) is 45.2 Å². The van der Waals surface area contributed by atoms with Gasteiger partial charge in [-0.25, -0.2) is 4.79 Å². The number of hydrogen-bond donors (Lipinski definition) is 1. The number of aromatic nitrogens is 1. The molecule has 0 saturated carbocycles. The lowest BCUT2D eigenvalue weighted by molar-refractivity contribution is 0.138. The van der Waals surface area contributed by atoms with Crippen LogP contribution in [0, 0.1) is 3.95 Å². The fourth-order valence-corrected chi connectivity index (χ4v) is 2.15. The van der Waals surface area contributed by atoms with Gasteiger partial charge in [0.05, 0.1) is 5.38 Å². The van der Waals surface area contributed by atoms with E-state index in [4.69, 9.17) is 17.0 Å². The van der Waals surface area contributed by atoms with Gasteiger partial charge < -0.3 is 9.84 Å². The summed E-state index contributed by atoms with van der Waals surface area (Å²) in [5.74, 6) is -0.196. The highest BCUT2D eigenvalue weighted by molar-refractivity contribution is 7.73. The van der Waals surface area contributed by atoms with E-state index in [1.54, 1.807) is 0 Å². The molecule has 0 aliphatic rings. The second-order valence-corrected chi connectivity index (χ2v) is 4.74. The number of hydrogen-bond acceptors (Lipinski definition) is 5. The number of nitrogens with zero attached hydrogens (tertiary/aromatic N) is 1. The first-order valence-electron chi connectivity index (χ1n) is 4.79. The zero-order valence-corrected chi connectivity index (χ0v) is 10.3. The molecule has 1 heterocycles. The molecule has 0 radical (unpaired) electrons. The average molecular weight is 267 g/mol. The van der Waals surface area contributed by atoms with Crippen molar-refractivity contribution in [3.63, 3.8) is 0 Å². The smallest absolute Gasteiger partial charge is 0.423 e. The summed E-state index contributed by atoms with van der Waals surface area (Å²) in [5, 5.41) is 10.8. The number of carbonyl (C=O) groups is 1. The maximum atomic E-state index is 11.6. The topological polar surface area (TPSA) is 51.5 Å². The second-order valence-electron chi connectivity index (χ2n) is 3.24. The lowest BCUT2D eigenvalue weighted by Gasteiger charge is -2.05. The van der Waals surface area contributed by atoms with Crippen LogP contribution in [0.15, 0.2) is 35.7 Å². The average Bonchev–Trinajstić information content (AvgIpc) is 2.67. The maximum absolute atomic E-state index is 11.6. The van der Waals surface area contributed by atoms with Crippen LogP contribution in [0.4, 0.5) is 4.79 Å². The quantitative estimate of drug-likeness (QED) is 0.849. The Morgan fingerprint density at radius 1 is 1.41 bits per heavy atom. The van der Waals surface area contributed by atoms with Crippen molar-refractivity contribution in [2.75, 3.05) is 0 Å². The molecule has 0 atom stereocenters. The standard InChI is InChI=1S/C11H9NO3S2/c13-9-7-17-11(16)12(9)10(14)15-6-8-4-2-1-3-5-8/h1-5,7,13H,6H2. The molecule has 0 spiro atoms. The number of ether oxygens (including phenoxy) is 1. The summed E-state index contributed by atoms with van der Waals surface area (Å²) >= 11 is 6.01. The van der Waals surface area contributed by atoms with Gasteiger partial charge in [0.25, 0.3) is 0 Å². The van der Waals surface area contributed by atoms with Crippen molar-refractivity contribution in [1.82, 2.24) is 4.57 Å². The van der Waals surface area contributed by atoms with E-state index in [-0.39, 0.29) is 16.4 Å². The van der Waals surface area contributed by atoms with E-state index < -0.39 is 6.09 Å². The van der Waals surface area contributed by atoms with Gasteiger partial charge in [0, 0.05) is 0 Å². The molecule has 4 nitrogen and oxygen atoms in total. The highest BCUT2D eigenvalue weighted by Gasteiger charge is 2.12. The molecule has 0 aliphatic heterocycles. The van der Waals surface area contributed by atoms with E-state index in [9.17, 15) is 9.90 Å². The molecule has 0 saturated heterocycles. The zero-order chi connectivity index (χ0) is 12.3. The van der Waals surface area contributed by atoms with Crippen molar-refractivity contribution >= 4 is 29.6 Å². The van der Waals surface area contributed by atoms with Crippen molar-refractivity contribution < 1.29 is 14.6 Å². The molecule has 1 aromatic carbocycles. The van der Waals surface area contributed by atoms with E-state index in [2.05, 4.69) is 0 Å². The van der Waals surface area contributed by atoms with Gasteiger partial charge in [-0.05, 0) is 17.8 Å². The molecule has 88 valence electrons. The van der Waals surface area contributed by atoms with Gasteiger partial charge in [-0.1, -0.05) is 30.3 Å². The van der Waals surface area contributed by atoms with Gasteiger partial charge in [-0.15, -0.1) is 11.3 Å². The Labute approximate surface area is 107 Å². The molecule has 1 N–H and O–H groups in total. The Hall–Kier alpha value is -1.66. The van der Waals surface area contributed by atoms with E-state index in [0.29, 0.717) is 0 Å². The first-order chi connectivity index (χ1) is 8.18. The van der Waals surface area contributed by atoms with Gasteiger partial charge in [0.1, 0.15) is 6.61 Å². The molecule has 1 aromatic heterocycles. The van der Waals surface area contributed by atoms with Crippen LogP contribution >= 0.6 is 23.6 Å². The Morgan fingerprint density at radius 2 is 2.12 bits per heavy atom. The third kappa shape index (κ3) is 2.72. The van der Waals surface area contributed by atoms with Crippen LogP contribution in [0.1, 0.15) is 5.56 Å². The van der Waals surface area contributed by atoms with Gasteiger partial charge >= 0.3 is 6.09 Å². The minimum absolute atomic E-state index is 0.150. The van der Waals surface area contributed by atoms with E-state index in [1.807, 2.05) is 30.3 Å². The third-order valence-corrected chi connectivity index (χ3v) is 3.25. The normalized spacial score (nSPS) is 10.1. The third-order valence-electron chi connectivity index (χ3n) is 2.06. The molecule has 0 amide bonds. The lowest BCUT2D eigenvalue weighted by Crippen LogP contribution is -2.12.